The number of oxime groups is 1. The second kappa shape index (κ2) is 12.5. The van der Waals surface area contributed by atoms with Gasteiger partial charge in [-0.2, -0.15) is 8.78 Å². The van der Waals surface area contributed by atoms with Crippen LogP contribution in [-0.4, -0.2) is 33.5 Å². The summed E-state index contributed by atoms with van der Waals surface area (Å²) in [6, 6.07) is 30.0. The molecule has 0 aliphatic carbocycles. The highest BCUT2D eigenvalue weighted by Gasteiger charge is 2.37. The Balaban J connectivity index is 1.70. The molecule has 0 radical (unpaired) electrons. The molecule has 1 aromatic heterocycles. The number of thioether (sulfide) groups is 1. The van der Waals surface area contributed by atoms with Crippen LogP contribution in [0, 0.1) is 0 Å². The van der Waals surface area contributed by atoms with Crippen LogP contribution in [0.4, 0.5) is 13.9 Å². The lowest BCUT2D eigenvalue weighted by Gasteiger charge is -2.36. The smallest absolute Gasteiger partial charge is 0.350 e. The van der Waals surface area contributed by atoms with Crippen LogP contribution in [0.25, 0.3) is 0 Å². The summed E-state index contributed by atoms with van der Waals surface area (Å²) >= 11 is 1.58. The van der Waals surface area contributed by atoms with E-state index in [1.165, 1.54) is 11.3 Å². The van der Waals surface area contributed by atoms with Crippen molar-refractivity contribution >= 4 is 40.4 Å². The summed E-state index contributed by atoms with van der Waals surface area (Å²) in [5.41, 5.74) is 1.63. The molecule has 1 atom stereocenters. The number of alkyl halides is 2. The molecule has 0 bridgehead atoms. The minimum Gasteiger partial charge on any atom is -0.477 e. The van der Waals surface area contributed by atoms with Gasteiger partial charge in [-0.3, -0.25) is 0 Å². The normalized spacial score (nSPS) is 12.5. The van der Waals surface area contributed by atoms with Gasteiger partial charge in [0.2, 0.25) is 0 Å². The Kier molecular flexibility index (Phi) is 8.86. The van der Waals surface area contributed by atoms with Crippen molar-refractivity contribution in [3.05, 3.63) is 119 Å². The van der Waals surface area contributed by atoms with Crippen molar-refractivity contribution in [2.75, 3.05) is 5.32 Å². The topological polar surface area (TPSA) is 83.8 Å². The van der Waals surface area contributed by atoms with Crippen LogP contribution >= 0.6 is 23.1 Å². The van der Waals surface area contributed by atoms with E-state index in [9.17, 15) is 13.6 Å². The first-order valence-corrected chi connectivity index (χ1v) is 13.0. The summed E-state index contributed by atoms with van der Waals surface area (Å²) in [6.45, 7) is 0. The van der Waals surface area contributed by atoms with Gasteiger partial charge in [-0.1, -0.05) is 96.2 Å². The molecule has 0 fully saturated rings. The van der Waals surface area contributed by atoms with Gasteiger partial charge in [0.1, 0.15) is 5.54 Å². The zero-order valence-electron chi connectivity index (χ0n) is 19.4. The Morgan fingerprint density at radius 1 is 1.00 bits per heavy atom. The van der Waals surface area contributed by atoms with Gasteiger partial charge in [0, 0.05) is 11.8 Å². The molecule has 0 aliphatic rings. The highest BCUT2D eigenvalue weighted by Crippen LogP contribution is 2.40. The number of hydrogen-bond acceptors (Lipinski definition) is 7. The zero-order valence-corrected chi connectivity index (χ0v) is 21.0. The van der Waals surface area contributed by atoms with Crippen LogP contribution in [0.15, 0.2) is 102 Å². The number of aliphatic carboxylic acids is 1. The standard InChI is InChI=1S/C27H23F2N3O3S2/c28-25(29)37-24(35-30-17-23(33)34)16-22-18-36-26(31-22)32-27(19-10-4-1-5-11-19,20-12-6-2-7-13-20)21-14-8-3-9-15-21/h1-15,17-18,24-25H,16H2,(H,31,32)(H,33,34). The fourth-order valence-electron chi connectivity index (χ4n) is 3.94. The number of nitrogens with zero attached hydrogens (tertiary/aromatic N) is 2. The molecule has 0 aliphatic heterocycles. The average Bonchev–Trinajstić information content (AvgIpc) is 3.34. The van der Waals surface area contributed by atoms with E-state index in [4.69, 9.17) is 9.94 Å². The summed E-state index contributed by atoms with van der Waals surface area (Å²) < 4.78 is 26.1. The molecule has 6 nitrogen and oxygen atoms in total. The van der Waals surface area contributed by atoms with Gasteiger partial charge in [-0.05, 0) is 28.5 Å². The lowest BCUT2D eigenvalue weighted by Crippen LogP contribution is -2.38. The van der Waals surface area contributed by atoms with Gasteiger partial charge in [-0.15, -0.1) is 11.3 Å². The van der Waals surface area contributed by atoms with Crippen LogP contribution in [0.2, 0.25) is 0 Å². The van der Waals surface area contributed by atoms with E-state index >= 15 is 0 Å². The first kappa shape index (κ1) is 26.3. The van der Waals surface area contributed by atoms with E-state index in [1.807, 2.05) is 91.0 Å². The first-order chi connectivity index (χ1) is 18.0. The second-order valence-electron chi connectivity index (χ2n) is 7.83. The molecule has 1 heterocycles. The summed E-state index contributed by atoms with van der Waals surface area (Å²) in [7, 11) is 0. The molecule has 3 aromatic carbocycles. The van der Waals surface area contributed by atoms with E-state index in [0.717, 1.165) is 16.7 Å². The quantitative estimate of drug-likeness (QED) is 0.0931. The molecular formula is C27H23F2N3O3S2. The Labute approximate surface area is 221 Å². The van der Waals surface area contributed by atoms with E-state index in [0.29, 0.717) is 17.0 Å². The van der Waals surface area contributed by atoms with Crippen molar-refractivity contribution in [1.29, 1.82) is 0 Å². The van der Waals surface area contributed by atoms with Crippen molar-refractivity contribution in [3.8, 4) is 0 Å². The maximum Gasteiger partial charge on any atom is 0.350 e. The molecule has 190 valence electrons. The van der Waals surface area contributed by atoms with Crippen molar-refractivity contribution in [1.82, 2.24) is 4.98 Å². The van der Waals surface area contributed by atoms with Crippen LogP contribution in [-0.2, 0) is 21.6 Å². The average molecular weight is 540 g/mol. The third kappa shape index (κ3) is 6.72. The number of aromatic nitrogens is 1. The van der Waals surface area contributed by atoms with Gasteiger partial charge in [0.25, 0.3) is 5.76 Å². The number of carboxylic acids is 1. The first-order valence-electron chi connectivity index (χ1n) is 11.2. The Morgan fingerprint density at radius 2 is 1.51 bits per heavy atom. The molecule has 1 unspecified atom stereocenters. The maximum absolute atomic E-state index is 13.0. The van der Waals surface area contributed by atoms with Gasteiger partial charge < -0.3 is 15.3 Å². The van der Waals surface area contributed by atoms with Crippen molar-refractivity contribution in [2.24, 2.45) is 5.16 Å². The summed E-state index contributed by atoms with van der Waals surface area (Å²) in [5, 5.41) is 18.0. The van der Waals surface area contributed by atoms with Crippen LogP contribution < -0.4 is 5.32 Å². The molecule has 0 spiro atoms. The molecular weight excluding hydrogens is 516 g/mol. The minimum absolute atomic E-state index is 0.0131. The molecule has 0 amide bonds. The number of hydrogen-bond donors (Lipinski definition) is 2. The van der Waals surface area contributed by atoms with Crippen molar-refractivity contribution in [3.63, 3.8) is 0 Å². The Hall–Kier alpha value is -3.76. The molecule has 10 heteroatoms. The van der Waals surface area contributed by atoms with Gasteiger partial charge in [0.15, 0.2) is 16.8 Å². The van der Waals surface area contributed by atoms with E-state index in [-0.39, 0.29) is 18.2 Å². The predicted octanol–water partition coefficient (Wildman–Crippen LogP) is 6.46. The van der Waals surface area contributed by atoms with Crippen molar-refractivity contribution < 1.29 is 23.5 Å². The number of carbonyl (C=O) groups is 1. The Bertz CT molecular complexity index is 1210. The highest BCUT2D eigenvalue weighted by molar-refractivity contribution is 8.00. The predicted molar refractivity (Wildman–Crippen MR) is 143 cm³/mol. The van der Waals surface area contributed by atoms with Gasteiger partial charge in [0.05, 0.1) is 5.69 Å². The fraction of sp³-hybridized carbons (Fsp3) is 0.148. The van der Waals surface area contributed by atoms with E-state index in [2.05, 4.69) is 15.5 Å². The van der Waals surface area contributed by atoms with Crippen molar-refractivity contribution in [2.45, 2.75) is 23.2 Å². The number of rotatable bonds is 12. The highest BCUT2D eigenvalue weighted by atomic mass is 32.2. The molecule has 0 saturated heterocycles. The van der Waals surface area contributed by atoms with Crippen LogP contribution in [0.3, 0.4) is 0 Å². The van der Waals surface area contributed by atoms with Gasteiger partial charge in [-0.25, -0.2) is 9.78 Å². The number of carboxylic acid groups (broad SMARTS) is 1. The van der Waals surface area contributed by atoms with Crippen LogP contribution in [0.1, 0.15) is 22.4 Å². The number of thiazole rings is 1. The summed E-state index contributed by atoms with van der Waals surface area (Å²) in [4.78, 5) is 20.3. The summed E-state index contributed by atoms with van der Waals surface area (Å²) in [5.74, 6) is -4.05. The third-order valence-corrected chi connectivity index (χ3v) is 7.01. The zero-order chi connectivity index (χ0) is 26.1. The SMILES string of the molecule is O=C(O)C=NOC(Cc1csc(NC(c2ccccc2)(c2ccccc2)c2ccccc2)n1)SC(F)F. The lowest BCUT2D eigenvalue weighted by atomic mass is 9.77. The number of nitrogens with one attached hydrogen (secondary N) is 1. The second-order valence-corrected chi connectivity index (χ2v) is 9.84. The number of anilines is 1. The molecule has 4 aromatic rings. The molecule has 4 rings (SSSR count). The lowest BCUT2D eigenvalue weighted by molar-refractivity contribution is -0.129. The van der Waals surface area contributed by atoms with Crippen LogP contribution in [0.5, 0.6) is 0 Å². The van der Waals surface area contributed by atoms with E-state index < -0.39 is 22.7 Å². The third-order valence-electron chi connectivity index (χ3n) is 5.44. The Morgan fingerprint density at radius 3 is 1.97 bits per heavy atom. The largest absolute Gasteiger partial charge is 0.477 e. The maximum atomic E-state index is 13.0. The monoisotopic (exact) mass is 539 g/mol. The van der Waals surface area contributed by atoms with E-state index in [1.54, 1.807) is 5.38 Å². The van der Waals surface area contributed by atoms with Gasteiger partial charge >= 0.3 is 5.97 Å². The fourth-order valence-corrected chi connectivity index (χ4v) is 5.31. The molecule has 0 saturated carbocycles. The number of halogens is 2. The molecule has 2 N–H and O–H groups in total. The molecule has 37 heavy (non-hydrogen) atoms. The minimum atomic E-state index is -2.72. The summed E-state index contributed by atoms with van der Waals surface area (Å²) in [6.07, 6.45) is 0.528. The number of benzene rings is 3.